The summed E-state index contributed by atoms with van der Waals surface area (Å²) in [5.74, 6) is -1.39. The van der Waals surface area contributed by atoms with Gasteiger partial charge in [-0.05, 0) is 37.0 Å². The first-order valence-corrected chi connectivity index (χ1v) is 7.54. The zero-order valence-corrected chi connectivity index (χ0v) is 13.3. The number of hydrogen-bond acceptors (Lipinski definition) is 2. The molecule has 1 aromatic carbocycles. The predicted molar refractivity (Wildman–Crippen MR) is 81.5 cm³/mol. The SMILES string of the molecule is CCC(Cc1cccc(Br)c1)C(=O)NC(CC)C(=O)O. The van der Waals surface area contributed by atoms with Crippen LogP contribution in [0.3, 0.4) is 0 Å². The van der Waals surface area contributed by atoms with E-state index in [4.69, 9.17) is 5.11 Å². The number of carbonyl (C=O) groups excluding carboxylic acids is 1. The fraction of sp³-hybridized carbons (Fsp3) is 0.467. The van der Waals surface area contributed by atoms with Gasteiger partial charge in [-0.15, -0.1) is 0 Å². The second kappa shape index (κ2) is 8.04. The van der Waals surface area contributed by atoms with Crippen LogP contribution in [0.2, 0.25) is 0 Å². The number of aliphatic carboxylic acids is 1. The van der Waals surface area contributed by atoms with Crippen LogP contribution in [0.15, 0.2) is 28.7 Å². The Morgan fingerprint density at radius 1 is 1.30 bits per heavy atom. The molecule has 2 atom stereocenters. The molecule has 1 aromatic rings. The molecule has 0 aliphatic carbocycles. The van der Waals surface area contributed by atoms with Crippen LogP contribution in [0.5, 0.6) is 0 Å². The van der Waals surface area contributed by atoms with E-state index in [0.29, 0.717) is 19.3 Å². The summed E-state index contributed by atoms with van der Waals surface area (Å²) in [7, 11) is 0. The molecule has 0 aliphatic heterocycles. The number of hydrogen-bond donors (Lipinski definition) is 2. The number of amides is 1. The molecule has 0 saturated carbocycles. The van der Waals surface area contributed by atoms with Crippen molar-refractivity contribution < 1.29 is 14.7 Å². The zero-order valence-electron chi connectivity index (χ0n) is 11.7. The highest BCUT2D eigenvalue weighted by atomic mass is 79.9. The lowest BCUT2D eigenvalue weighted by Gasteiger charge is -2.18. The molecular formula is C15H20BrNO3. The zero-order chi connectivity index (χ0) is 15.1. The van der Waals surface area contributed by atoms with E-state index in [0.717, 1.165) is 10.0 Å². The molecule has 5 heteroatoms. The first-order valence-electron chi connectivity index (χ1n) is 6.75. The van der Waals surface area contributed by atoms with Gasteiger partial charge in [0.05, 0.1) is 0 Å². The summed E-state index contributed by atoms with van der Waals surface area (Å²) < 4.78 is 0.974. The average Bonchev–Trinajstić information content (AvgIpc) is 2.41. The van der Waals surface area contributed by atoms with Gasteiger partial charge in [0.25, 0.3) is 0 Å². The molecular weight excluding hydrogens is 322 g/mol. The second-order valence-electron chi connectivity index (χ2n) is 4.75. The topological polar surface area (TPSA) is 66.4 Å². The summed E-state index contributed by atoms with van der Waals surface area (Å²) in [6, 6.07) is 7.00. The van der Waals surface area contributed by atoms with E-state index in [1.165, 1.54) is 0 Å². The Hall–Kier alpha value is -1.36. The third-order valence-electron chi connectivity index (χ3n) is 3.26. The maximum atomic E-state index is 12.2. The van der Waals surface area contributed by atoms with E-state index < -0.39 is 12.0 Å². The smallest absolute Gasteiger partial charge is 0.326 e. The fourth-order valence-corrected chi connectivity index (χ4v) is 2.45. The van der Waals surface area contributed by atoms with Crippen LogP contribution in [0.1, 0.15) is 32.3 Å². The van der Waals surface area contributed by atoms with Crippen molar-refractivity contribution in [3.05, 3.63) is 34.3 Å². The molecule has 0 bridgehead atoms. The summed E-state index contributed by atoms with van der Waals surface area (Å²) in [6.45, 7) is 3.68. The standard InChI is InChI=1S/C15H20BrNO3/c1-3-11(8-10-6-5-7-12(16)9-10)14(18)17-13(4-2)15(19)20/h5-7,9,11,13H,3-4,8H2,1-2H3,(H,17,18)(H,19,20). The molecule has 4 nitrogen and oxygen atoms in total. The summed E-state index contributed by atoms with van der Waals surface area (Å²) in [5, 5.41) is 11.6. The normalized spacial score (nSPS) is 13.6. The lowest BCUT2D eigenvalue weighted by molar-refractivity contribution is -0.142. The molecule has 110 valence electrons. The van der Waals surface area contributed by atoms with Crippen molar-refractivity contribution in [1.82, 2.24) is 5.32 Å². The van der Waals surface area contributed by atoms with Crippen molar-refractivity contribution in [2.45, 2.75) is 39.2 Å². The monoisotopic (exact) mass is 341 g/mol. The summed E-state index contributed by atoms with van der Waals surface area (Å²) in [6.07, 6.45) is 1.67. The molecule has 20 heavy (non-hydrogen) atoms. The maximum Gasteiger partial charge on any atom is 0.326 e. The minimum atomic E-state index is -0.988. The molecule has 2 N–H and O–H groups in total. The molecule has 0 heterocycles. The van der Waals surface area contributed by atoms with Crippen LogP contribution in [0, 0.1) is 5.92 Å². The number of carboxylic acids is 1. The van der Waals surface area contributed by atoms with E-state index in [2.05, 4.69) is 21.2 Å². The Balaban J connectivity index is 2.70. The molecule has 0 fully saturated rings. The number of carboxylic acid groups (broad SMARTS) is 1. The highest BCUT2D eigenvalue weighted by Crippen LogP contribution is 2.17. The quantitative estimate of drug-likeness (QED) is 0.801. The largest absolute Gasteiger partial charge is 0.480 e. The molecule has 1 rings (SSSR count). The van der Waals surface area contributed by atoms with Gasteiger partial charge in [0, 0.05) is 10.4 Å². The van der Waals surface area contributed by atoms with Gasteiger partial charge in [0.15, 0.2) is 0 Å². The van der Waals surface area contributed by atoms with Gasteiger partial charge in [-0.1, -0.05) is 41.9 Å². The van der Waals surface area contributed by atoms with Gasteiger partial charge in [0.1, 0.15) is 6.04 Å². The van der Waals surface area contributed by atoms with Crippen LogP contribution < -0.4 is 5.32 Å². The van der Waals surface area contributed by atoms with E-state index in [1.54, 1.807) is 6.92 Å². The number of rotatable bonds is 7. The van der Waals surface area contributed by atoms with Gasteiger partial charge in [-0.25, -0.2) is 4.79 Å². The van der Waals surface area contributed by atoms with Crippen molar-refractivity contribution in [2.24, 2.45) is 5.92 Å². The number of carbonyl (C=O) groups is 2. The Labute approximate surface area is 127 Å². The number of halogens is 1. The van der Waals surface area contributed by atoms with Gasteiger partial charge >= 0.3 is 5.97 Å². The van der Waals surface area contributed by atoms with Crippen LogP contribution in [0.4, 0.5) is 0 Å². The lowest BCUT2D eigenvalue weighted by Crippen LogP contribution is -2.43. The van der Waals surface area contributed by atoms with Crippen molar-refractivity contribution in [2.75, 3.05) is 0 Å². The van der Waals surface area contributed by atoms with Gasteiger partial charge in [-0.3, -0.25) is 4.79 Å². The van der Waals surface area contributed by atoms with E-state index in [1.807, 2.05) is 31.2 Å². The Morgan fingerprint density at radius 3 is 2.50 bits per heavy atom. The average molecular weight is 342 g/mol. The highest BCUT2D eigenvalue weighted by molar-refractivity contribution is 9.10. The predicted octanol–water partition coefficient (Wildman–Crippen LogP) is 3.00. The molecule has 0 aromatic heterocycles. The first kappa shape index (κ1) is 16.7. The number of benzene rings is 1. The summed E-state index contributed by atoms with van der Waals surface area (Å²) in [5.41, 5.74) is 1.06. The Morgan fingerprint density at radius 2 is 2.00 bits per heavy atom. The van der Waals surface area contributed by atoms with Crippen molar-refractivity contribution in [1.29, 1.82) is 0 Å². The van der Waals surface area contributed by atoms with Crippen molar-refractivity contribution in [3.8, 4) is 0 Å². The van der Waals surface area contributed by atoms with Crippen molar-refractivity contribution >= 4 is 27.8 Å². The maximum absolute atomic E-state index is 12.2. The third-order valence-corrected chi connectivity index (χ3v) is 3.75. The molecule has 0 radical (unpaired) electrons. The molecule has 1 amide bonds. The summed E-state index contributed by atoms with van der Waals surface area (Å²) in [4.78, 5) is 23.1. The molecule has 2 unspecified atom stereocenters. The van der Waals surface area contributed by atoms with E-state index in [9.17, 15) is 9.59 Å². The fourth-order valence-electron chi connectivity index (χ4n) is 2.00. The van der Waals surface area contributed by atoms with Gasteiger partial charge in [-0.2, -0.15) is 0 Å². The molecule has 0 aliphatic rings. The second-order valence-corrected chi connectivity index (χ2v) is 5.66. The molecule has 0 spiro atoms. The van der Waals surface area contributed by atoms with Crippen LogP contribution in [0.25, 0.3) is 0 Å². The highest BCUT2D eigenvalue weighted by Gasteiger charge is 2.23. The Bertz CT molecular complexity index is 476. The summed E-state index contributed by atoms with van der Waals surface area (Å²) >= 11 is 3.40. The van der Waals surface area contributed by atoms with Crippen molar-refractivity contribution in [3.63, 3.8) is 0 Å². The van der Waals surface area contributed by atoms with Crippen LogP contribution in [-0.2, 0) is 16.0 Å². The van der Waals surface area contributed by atoms with E-state index in [-0.39, 0.29) is 11.8 Å². The minimum Gasteiger partial charge on any atom is -0.480 e. The lowest BCUT2D eigenvalue weighted by atomic mass is 9.95. The molecule has 0 saturated heterocycles. The third kappa shape index (κ3) is 4.96. The first-order chi connectivity index (χ1) is 9.47. The van der Waals surface area contributed by atoms with Gasteiger partial charge < -0.3 is 10.4 Å². The van der Waals surface area contributed by atoms with Gasteiger partial charge in [0.2, 0.25) is 5.91 Å². The van der Waals surface area contributed by atoms with E-state index >= 15 is 0 Å². The van der Waals surface area contributed by atoms with Crippen LogP contribution in [-0.4, -0.2) is 23.0 Å². The Kier molecular flexibility index (Phi) is 6.71. The van der Waals surface area contributed by atoms with Crippen LogP contribution >= 0.6 is 15.9 Å². The minimum absolute atomic E-state index is 0.193. The number of nitrogens with one attached hydrogen (secondary N) is 1.